The van der Waals surface area contributed by atoms with E-state index in [2.05, 4.69) is 11.9 Å². The SMILES string of the molecule is C=C[C@H]1CCN[C@H]1c1cc(Cl)ccc1[N+](=O)[O-]. The fraction of sp³-hybridized carbons (Fsp3) is 0.333. The zero-order chi connectivity index (χ0) is 12.4. The van der Waals surface area contributed by atoms with Crippen LogP contribution in [0.5, 0.6) is 0 Å². The van der Waals surface area contributed by atoms with E-state index in [1.165, 1.54) is 6.07 Å². The molecule has 2 rings (SSSR count). The lowest BCUT2D eigenvalue weighted by Crippen LogP contribution is -2.18. The molecule has 0 aliphatic carbocycles. The van der Waals surface area contributed by atoms with Crippen LogP contribution in [0.1, 0.15) is 18.0 Å². The number of halogens is 1. The minimum atomic E-state index is -0.369. The summed E-state index contributed by atoms with van der Waals surface area (Å²) in [7, 11) is 0. The molecular weight excluding hydrogens is 240 g/mol. The van der Waals surface area contributed by atoms with Gasteiger partial charge < -0.3 is 5.32 Å². The summed E-state index contributed by atoms with van der Waals surface area (Å²) in [5.74, 6) is 0.215. The zero-order valence-electron chi connectivity index (χ0n) is 9.23. The summed E-state index contributed by atoms with van der Waals surface area (Å²) in [6.07, 6.45) is 2.78. The van der Waals surface area contributed by atoms with Crippen LogP contribution < -0.4 is 5.32 Å². The minimum Gasteiger partial charge on any atom is -0.309 e. The van der Waals surface area contributed by atoms with Gasteiger partial charge in [-0.05, 0) is 31.0 Å². The molecular formula is C12H13ClN2O2. The van der Waals surface area contributed by atoms with E-state index in [1.807, 2.05) is 6.08 Å². The van der Waals surface area contributed by atoms with Crippen molar-refractivity contribution in [3.63, 3.8) is 0 Å². The van der Waals surface area contributed by atoms with Crippen molar-refractivity contribution in [1.82, 2.24) is 5.32 Å². The molecule has 0 aromatic heterocycles. The summed E-state index contributed by atoms with van der Waals surface area (Å²) >= 11 is 5.91. The van der Waals surface area contributed by atoms with Crippen LogP contribution in [0.2, 0.25) is 5.02 Å². The van der Waals surface area contributed by atoms with Crippen molar-refractivity contribution < 1.29 is 4.92 Å². The Hall–Kier alpha value is -1.39. The van der Waals surface area contributed by atoms with Crippen LogP contribution in [0.3, 0.4) is 0 Å². The highest BCUT2D eigenvalue weighted by molar-refractivity contribution is 6.30. The van der Waals surface area contributed by atoms with Crippen LogP contribution in [0.15, 0.2) is 30.9 Å². The van der Waals surface area contributed by atoms with Gasteiger partial charge in [0, 0.05) is 22.7 Å². The largest absolute Gasteiger partial charge is 0.309 e. The molecule has 1 N–H and O–H groups in total. The van der Waals surface area contributed by atoms with Crippen LogP contribution >= 0.6 is 11.6 Å². The van der Waals surface area contributed by atoms with Crippen LogP contribution in [-0.4, -0.2) is 11.5 Å². The average Bonchev–Trinajstić information content (AvgIpc) is 2.76. The molecule has 1 heterocycles. The highest BCUT2D eigenvalue weighted by atomic mass is 35.5. The molecule has 2 atom stereocenters. The first-order valence-corrected chi connectivity index (χ1v) is 5.81. The lowest BCUT2D eigenvalue weighted by atomic mass is 9.93. The predicted molar refractivity (Wildman–Crippen MR) is 67.2 cm³/mol. The third-order valence-corrected chi connectivity index (χ3v) is 3.33. The van der Waals surface area contributed by atoms with Crippen LogP contribution in [-0.2, 0) is 0 Å². The standard InChI is InChI=1S/C12H13ClN2O2/c1-2-8-5-6-14-12(8)10-7-9(13)3-4-11(10)15(16)17/h2-4,7-8,12,14H,1,5-6H2/t8-,12+/m0/s1. The van der Waals surface area contributed by atoms with Crippen molar-refractivity contribution >= 4 is 17.3 Å². The molecule has 0 amide bonds. The molecule has 0 bridgehead atoms. The summed E-state index contributed by atoms with van der Waals surface area (Å²) in [6.45, 7) is 4.61. The van der Waals surface area contributed by atoms with Crippen LogP contribution in [0, 0.1) is 16.0 Å². The van der Waals surface area contributed by atoms with E-state index in [0.29, 0.717) is 10.6 Å². The van der Waals surface area contributed by atoms with Gasteiger partial charge in [-0.15, -0.1) is 6.58 Å². The molecule has 0 spiro atoms. The van der Waals surface area contributed by atoms with Crippen molar-refractivity contribution in [3.05, 3.63) is 51.6 Å². The second kappa shape index (κ2) is 4.85. The molecule has 1 aromatic rings. The van der Waals surface area contributed by atoms with Gasteiger partial charge in [0.25, 0.3) is 5.69 Å². The molecule has 4 nitrogen and oxygen atoms in total. The Kier molecular flexibility index (Phi) is 3.45. The van der Waals surface area contributed by atoms with Crippen molar-refractivity contribution in [2.75, 3.05) is 6.54 Å². The smallest absolute Gasteiger partial charge is 0.274 e. The molecule has 1 saturated heterocycles. The third kappa shape index (κ3) is 2.33. The van der Waals surface area contributed by atoms with E-state index in [9.17, 15) is 10.1 Å². The molecule has 0 unspecified atom stereocenters. The van der Waals surface area contributed by atoms with Gasteiger partial charge in [0.05, 0.1) is 4.92 Å². The number of nitrogens with one attached hydrogen (secondary N) is 1. The molecule has 90 valence electrons. The maximum atomic E-state index is 11.0. The summed E-state index contributed by atoms with van der Waals surface area (Å²) in [5.41, 5.74) is 0.755. The fourth-order valence-electron chi connectivity index (χ4n) is 2.26. The van der Waals surface area contributed by atoms with Gasteiger partial charge in [-0.25, -0.2) is 0 Å². The summed E-state index contributed by atoms with van der Waals surface area (Å²) in [5, 5.41) is 14.8. The van der Waals surface area contributed by atoms with Gasteiger partial charge in [0.1, 0.15) is 0 Å². The normalized spacial score (nSPS) is 23.6. The number of rotatable bonds is 3. The van der Waals surface area contributed by atoms with Crippen molar-refractivity contribution in [2.45, 2.75) is 12.5 Å². The zero-order valence-corrected chi connectivity index (χ0v) is 9.98. The third-order valence-electron chi connectivity index (χ3n) is 3.09. The van der Waals surface area contributed by atoms with E-state index >= 15 is 0 Å². The average molecular weight is 253 g/mol. The number of benzene rings is 1. The van der Waals surface area contributed by atoms with E-state index in [0.717, 1.165) is 13.0 Å². The summed E-state index contributed by atoms with van der Waals surface area (Å²) in [4.78, 5) is 10.6. The van der Waals surface area contributed by atoms with E-state index < -0.39 is 0 Å². The van der Waals surface area contributed by atoms with Gasteiger partial charge in [-0.1, -0.05) is 17.7 Å². The highest BCUT2D eigenvalue weighted by Gasteiger charge is 2.31. The van der Waals surface area contributed by atoms with Crippen molar-refractivity contribution in [2.24, 2.45) is 5.92 Å². The molecule has 0 radical (unpaired) electrons. The van der Waals surface area contributed by atoms with Gasteiger partial charge >= 0.3 is 0 Å². The predicted octanol–water partition coefficient (Wildman–Crippen LogP) is 3.08. The Bertz CT molecular complexity index is 462. The van der Waals surface area contributed by atoms with Gasteiger partial charge in [-0.2, -0.15) is 0 Å². The quantitative estimate of drug-likeness (QED) is 0.511. The lowest BCUT2D eigenvalue weighted by Gasteiger charge is -2.16. The molecule has 1 aliphatic heterocycles. The number of nitro benzene ring substituents is 1. The van der Waals surface area contributed by atoms with Crippen LogP contribution in [0.4, 0.5) is 5.69 Å². The number of hydrogen-bond donors (Lipinski definition) is 1. The molecule has 17 heavy (non-hydrogen) atoms. The first-order chi connectivity index (χ1) is 8.13. The van der Waals surface area contributed by atoms with Gasteiger partial charge in [-0.3, -0.25) is 10.1 Å². The Morgan fingerprint density at radius 2 is 2.35 bits per heavy atom. The van der Waals surface area contributed by atoms with Crippen LogP contribution in [0.25, 0.3) is 0 Å². The molecule has 1 fully saturated rings. The van der Waals surface area contributed by atoms with Gasteiger partial charge in [0.15, 0.2) is 0 Å². The Labute approximate surface area is 104 Å². The number of hydrogen-bond acceptors (Lipinski definition) is 3. The van der Waals surface area contributed by atoms with Gasteiger partial charge in [0.2, 0.25) is 0 Å². The van der Waals surface area contributed by atoms with Crippen molar-refractivity contribution in [3.8, 4) is 0 Å². The second-order valence-corrected chi connectivity index (χ2v) is 4.52. The maximum Gasteiger partial charge on any atom is 0.274 e. The molecule has 0 saturated carbocycles. The Morgan fingerprint density at radius 3 is 3.00 bits per heavy atom. The molecule has 1 aliphatic rings. The van der Waals surface area contributed by atoms with E-state index in [4.69, 9.17) is 11.6 Å². The highest BCUT2D eigenvalue weighted by Crippen LogP contribution is 2.36. The van der Waals surface area contributed by atoms with E-state index in [1.54, 1.807) is 12.1 Å². The summed E-state index contributed by atoms with van der Waals surface area (Å²) < 4.78 is 0. The lowest BCUT2D eigenvalue weighted by molar-refractivity contribution is -0.385. The second-order valence-electron chi connectivity index (χ2n) is 4.08. The first kappa shape index (κ1) is 12.1. The summed E-state index contributed by atoms with van der Waals surface area (Å²) in [6, 6.07) is 4.60. The Morgan fingerprint density at radius 1 is 1.59 bits per heavy atom. The van der Waals surface area contributed by atoms with E-state index in [-0.39, 0.29) is 22.6 Å². The Balaban J connectivity index is 2.45. The fourth-order valence-corrected chi connectivity index (χ4v) is 2.44. The maximum absolute atomic E-state index is 11.0. The monoisotopic (exact) mass is 252 g/mol. The molecule has 1 aromatic carbocycles. The van der Waals surface area contributed by atoms with Crippen molar-refractivity contribution in [1.29, 1.82) is 0 Å². The minimum absolute atomic E-state index is 0.0633. The molecule has 5 heteroatoms. The first-order valence-electron chi connectivity index (χ1n) is 5.43. The number of nitro groups is 1. The number of nitrogens with zero attached hydrogens (tertiary/aromatic N) is 1. The topological polar surface area (TPSA) is 55.2 Å².